The Morgan fingerprint density at radius 3 is 2.26 bits per heavy atom. The molecule has 0 aliphatic carbocycles. The third-order valence-electron chi connectivity index (χ3n) is 4.87. The second-order valence-electron chi connectivity index (χ2n) is 6.57. The van der Waals surface area contributed by atoms with Gasteiger partial charge in [-0.2, -0.15) is 13.2 Å². The molecule has 0 saturated carbocycles. The Balaban J connectivity index is 1.77. The number of hydrogen-bond donors (Lipinski definition) is 2. The van der Waals surface area contributed by atoms with Crippen molar-refractivity contribution in [2.75, 3.05) is 13.1 Å². The third kappa shape index (κ3) is 3.23. The van der Waals surface area contributed by atoms with Crippen molar-refractivity contribution >= 4 is 20.7 Å². The van der Waals surface area contributed by atoms with Crippen molar-refractivity contribution in [1.82, 2.24) is 10.3 Å². The molecule has 2 aromatic carbocycles. The molecule has 142 valence electrons. The van der Waals surface area contributed by atoms with Gasteiger partial charge in [-0.25, -0.2) is 8.42 Å². The zero-order valence-electron chi connectivity index (χ0n) is 14.2. The Morgan fingerprint density at radius 1 is 0.889 bits per heavy atom. The van der Waals surface area contributed by atoms with Gasteiger partial charge in [0.2, 0.25) is 9.84 Å². The molecule has 27 heavy (non-hydrogen) atoms. The van der Waals surface area contributed by atoms with E-state index in [0.717, 1.165) is 72.4 Å². The van der Waals surface area contributed by atoms with Crippen LogP contribution in [-0.4, -0.2) is 26.5 Å². The van der Waals surface area contributed by atoms with Gasteiger partial charge < -0.3 is 10.3 Å². The van der Waals surface area contributed by atoms with Crippen LogP contribution in [-0.2, 0) is 28.9 Å². The van der Waals surface area contributed by atoms with Crippen LogP contribution in [0.15, 0.2) is 52.3 Å². The molecule has 2 heterocycles. The van der Waals surface area contributed by atoms with E-state index in [0.29, 0.717) is 0 Å². The molecule has 8 heteroatoms. The SMILES string of the molecule is O=S(=O)(c1ccc(C(F)(F)F)cc1)c1ccc2[nH]c3c(c2c1)CCNCC3. The topological polar surface area (TPSA) is 62.0 Å². The molecule has 4 nitrogen and oxygen atoms in total. The van der Waals surface area contributed by atoms with Crippen LogP contribution in [0.1, 0.15) is 16.8 Å². The van der Waals surface area contributed by atoms with Crippen molar-refractivity contribution < 1.29 is 21.6 Å². The van der Waals surface area contributed by atoms with Gasteiger partial charge in [0.1, 0.15) is 0 Å². The van der Waals surface area contributed by atoms with E-state index in [1.54, 1.807) is 12.1 Å². The number of H-pyrrole nitrogens is 1. The molecule has 1 aliphatic heterocycles. The van der Waals surface area contributed by atoms with E-state index < -0.39 is 21.6 Å². The van der Waals surface area contributed by atoms with Gasteiger partial charge in [-0.05, 0) is 61.0 Å². The number of sulfone groups is 1. The summed E-state index contributed by atoms with van der Waals surface area (Å²) in [7, 11) is -3.90. The molecular weight excluding hydrogens is 377 g/mol. The Bertz CT molecular complexity index is 1100. The molecule has 1 aliphatic rings. The average Bonchev–Trinajstić information content (AvgIpc) is 2.81. The largest absolute Gasteiger partial charge is 0.416 e. The van der Waals surface area contributed by atoms with E-state index in [-0.39, 0.29) is 9.79 Å². The maximum Gasteiger partial charge on any atom is 0.416 e. The lowest BCUT2D eigenvalue weighted by molar-refractivity contribution is -0.137. The quantitative estimate of drug-likeness (QED) is 0.697. The van der Waals surface area contributed by atoms with Gasteiger partial charge in [0.15, 0.2) is 0 Å². The monoisotopic (exact) mass is 394 g/mol. The second-order valence-corrected chi connectivity index (χ2v) is 8.51. The first kappa shape index (κ1) is 18.1. The Morgan fingerprint density at radius 2 is 1.56 bits per heavy atom. The predicted molar refractivity (Wildman–Crippen MR) is 95.5 cm³/mol. The molecule has 2 N–H and O–H groups in total. The number of aromatic nitrogens is 1. The fraction of sp³-hybridized carbons (Fsp3) is 0.263. The second kappa shape index (κ2) is 6.38. The number of halogens is 3. The van der Waals surface area contributed by atoms with Crippen LogP contribution in [0.3, 0.4) is 0 Å². The van der Waals surface area contributed by atoms with E-state index in [4.69, 9.17) is 0 Å². The average molecular weight is 394 g/mol. The first-order valence-corrected chi connectivity index (χ1v) is 10.0. The fourth-order valence-corrected chi connectivity index (χ4v) is 4.75. The number of hydrogen-bond acceptors (Lipinski definition) is 3. The number of nitrogens with one attached hydrogen (secondary N) is 2. The molecule has 0 unspecified atom stereocenters. The summed E-state index contributed by atoms with van der Waals surface area (Å²) >= 11 is 0. The highest BCUT2D eigenvalue weighted by molar-refractivity contribution is 7.91. The zero-order chi connectivity index (χ0) is 19.2. The molecule has 0 amide bonds. The first-order chi connectivity index (χ1) is 12.8. The molecular formula is C19H17F3N2O2S. The van der Waals surface area contributed by atoms with Gasteiger partial charge in [-0.15, -0.1) is 0 Å². The number of benzene rings is 2. The lowest BCUT2D eigenvalue weighted by Gasteiger charge is -2.09. The number of rotatable bonds is 2. The van der Waals surface area contributed by atoms with Gasteiger partial charge in [-0.1, -0.05) is 0 Å². The van der Waals surface area contributed by atoms with E-state index in [2.05, 4.69) is 10.3 Å². The van der Waals surface area contributed by atoms with Crippen molar-refractivity contribution in [3.05, 3.63) is 59.3 Å². The van der Waals surface area contributed by atoms with Gasteiger partial charge >= 0.3 is 6.18 Å². The summed E-state index contributed by atoms with van der Waals surface area (Å²) in [4.78, 5) is 3.26. The summed E-state index contributed by atoms with van der Waals surface area (Å²) in [5.41, 5.74) is 2.19. The minimum absolute atomic E-state index is 0.0776. The standard InChI is InChI=1S/C19H17F3N2O2S/c20-19(21,22)12-1-3-13(4-2-12)27(25,26)14-5-6-17-16(11-14)15-7-9-23-10-8-18(15)24-17/h1-6,11,23-24H,7-10H2. The predicted octanol–water partition coefficient (Wildman–Crippen LogP) is 3.71. The van der Waals surface area contributed by atoms with Crippen LogP contribution in [0.25, 0.3) is 10.9 Å². The van der Waals surface area contributed by atoms with E-state index in [1.165, 1.54) is 6.07 Å². The summed E-state index contributed by atoms with van der Waals surface area (Å²) in [5, 5.41) is 4.15. The summed E-state index contributed by atoms with van der Waals surface area (Å²) in [6.45, 7) is 1.67. The first-order valence-electron chi connectivity index (χ1n) is 8.53. The number of aromatic amines is 1. The van der Waals surface area contributed by atoms with Crippen LogP contribution in [0.2, 0.25) is 0 Å². The highest BCUT2D eigenvalue weighted by Crippen LogP contribution is 2.32. The summed E-state index contributed by atoms with van der Waals surface area (Å²) in [5.74, 6) is 0. The zero-order valence-corrected chi connectivity index (χ0v) is 15.0. The van der Waals surface area contributed by atoms with Gasteiger partial charge in [0.05, 0.1) is 15.4 Å². The minimum atomic E-state index is -4.50. The molecule has 0 bridgehead atoms. The van der Waals surface area contributed by atoms with Gasteiger partial charge in [0, 0.05) is 29.6 Å². The lowest BCUT2D eigenvalue weighted by Crippen LogP contribution is -2.16. The molecule has 0 saturated heterocycles. The Labute approximate surface area is 154 Å². The smallest absolute Gasteiger partial charge is 0.358 e. The molecule has 0 fully saturated rings. The maximum absolute atomic E-state index is 12.9. The van der Waals surface area contributed by atoms with Crippen LogP contribution >= 0.6 is 0 Å². The van der Waals surface area contributed by atoms with Crippen LogP contribution < -0.4 is 5.32 Å². The maximum atomic E-state index is 12.9. The van der Waals surface area contributed by atoms with Crippen molar-refractivity contribution in [3.8, 4) is 0 Å². The van der Waals surface area contributed by atoms with Crippen molar-refractivity contribution in [1.29, 1.82) is 0 Å². The molecule has 3 aromatic rings. The molecule has 0 spiro atoms. The Kier molecular flexibility index (Phi) is 4.27. The highest BCUT2D eigenvalue weighted by atomic mass is 32.2. The molecule has 0 atom stereocenters. The third-order valence-corrected chi connectivity index (χ3v) is 6.64. The van der Waals surface area contributed by atoms with Crippen molar-refractivity contribution in [3.63, 3.8) is 0 Å². The van der Waals surface area contributed by atoms with E-state index >= 15 is 0 Å². The van der Waals surface area contributed by atoms with E-state index in [9.17, 15) is 21.6 Å². The normalized spacial score (nSPS) is 15.5. The fourth-order valence-electron chi connectivity index (χ4n) is 3.46. The molecule has 0 radical (unpaired) electrons. The summed E-state index contributed by atoms with van der Waals surface area (Å²) in [6, 6.07) is 8.41. The number of fused-ring (bicyclic) bond motifs is 3. The molecule has 4 rings (SSSR count). The molecule has 1 aromatic heterocycles. The van der Waals surface area contributed by atoms with Crippen molar-refractivity contribution in [2.45, 2.75) is 28.8 Å². The Hall–Kier alpha value is -2.32. The van der Waals surface area contributed by atoms with Crippen molar-refractivity contribution in [2.24, 2.45) is 0 Å². The highest BCUT2D eigenvalue weighted by Gasteiger charge is 2.31. The van der Waals surface area contributed by atoms with Gasteiger partial charge in [-0.3, -0.25) is 0 Å². The lowest BCUT2D eigenvalue weighted by atomic mass is 10.1. The summed E-state index contributed by atoms with van der Waals surface area (Å²) < 4.78 is 63.9. The minimum Gasteiger partial charge on any atom is -0.358 e. The van der Waals surface area contributed by atoms with E-state index in [1.807, 2.05) is 0 Å². The van der Waals surface area contributed by atoms with Crippen LogP contribution in [0.5, 0.6) is 0 Å². The van der Waals surface area contributed by atoms with Gasteiger partial charge in [0.25, 0.3) is 0 Å². The summed E-state index contributed by atoms with van der Waals surface area (Å²) in [6.07, 6.45) is -2.87. The number of alkyl halides is 3. The van der Waals surface area contributed by atoms with Crippen LogP contribution in [0.4, 0.5) is 13.2 Å². The van der Waals surface area contributed by atoms with Crippen LogP contribution in [0, 0.1) is 0 Å².